The van der Waals surface area contributed by atoms with Gasteiger partial charge in [-0.05, 0) is 28.1 Å². The molecule has 5 nitrogen and oxygen atoms in total. The van der Waals surface area contributed by atoms with Gasteiger partial charge in [-0.3, -0.25) is 0 Å². The van der Waals surface area contributed by atoms with Crippen LogP contribution in [0.15, 0.2) is 28.7 Å². The lowest BCUT2D eigenvalue weighted by Gasteiger charge is -2.20. The summed E-state index contributed by atoms with van der Waals surface area (Å²) in [6, 6.07) is 6.20. The minimum absolute atomic E-state index is 0.0764. The lowest BCUT2D eigenvalue weighted by molar-refractivity contribution is 0.590. The molecule has 0 aliphatic heterocycles. The smallest absolute Gasteiger partial charge is 0.206 e. The molecule has 0 saturated carbocycles. The van der Waals surface area contributed by atoms with Gasteiger partial charge in [0.15, 0.2) is 0 Å². The van der Waals surface area contributed by atoms with Crippen LogP contribution in [0.3, 0.4) is 0 Å². The molecule has 0 radical (unpaired) electrons. The molecule has 0 bridgehead atoms. The van der Waals surface area contributed by atoms with E-state index in [0.29, 0.717) is 8.18 Å². The highest BCUT2D eigenvalue weighted by atomic mass is 79.9. The summed E-state index contributed by atoms with van der Waals surface area (Å²) in [6.45, 7) is 0. The van der Waals surface area contributed by atoms with Gasteiger partial charge in [0.1, 0.15) is 0 Å². The number of sulfonamides is 2. The van der Waals surface area contributed by atoms with Gasteiger partial charge in [-0.25, -0.2) is 16.8 Å². The first kappa shape index (κ1) is 13.5. The quantitative estimate of drug-likeness (QED) is 0.835. The molecule has 0 fully saturated rings. The van der Waals surface area contributed by atoms with Gasteiger partial charge in [0.2, 0.25) is 20.0 Å². The Hall–Kier alpha value is -0.600. The summed E-state index contributed by atoms with van der Waals surface area (Å²) >= 11 is 3.11. The van der Waals surface area contributed by atoms with Crippen molar-refractivity contribution in [1.82, 2.24) is 0 Å². The predicted octanol–water partition coefficient (Wildman–Crippen LogP) is 1.17. The van der Waals surface area contributed by atoms with Crippen LogP contribution < -0.4 is 3.71 Å². The van der Waals surface area contributed by atoms with Crippen molar-refractivity contribution < 1.29 is 16.8 Å². The molecule has 0 unspecified atom stereocenters. The molecule has 0 aromatic heterocycles. The fourth-order valence-corrected chi connectivity index (χ4v) is 4.90. The van der Waals surface area contributed by atoms with E-state index in [2.05, 4.69) is 15.9 Å². The number of hydrogen-bond donors (Lipinski definition) is 0. The van der Waals surface area contributed by atoms with E-state index in [4.69, 9.17) is 0 Å². The van der Waals surface area contributed by atoms with Gasteiger partial charge < -0.3 is 0 Å². The molecule has 8 heteroatoms. The third-order valence-electron chi connectivity index (χ3n) is 1.65. The SMILES string of the molecule is CS(=O)(=O)N(c1ccccc1Br)S(C)(=O)=O. The van der Waals surface area contributed by atoms with E-state index >= 15 is 0 Å². The Morgan fingerprint density at radius 1 is 1.00 bits per heavy atom. The Morgan fingerprint density at radius 2 is 1.44 bits per heavy atom. The molecular formula is C8H10BrNO4S2. The minimum Gasteiger partial charge on any atom is -0.206 e. The van der Waals surface area contributed by atoms with Crippen LogP contribution in [0, 0.1) is 0 Å². The number of anilines is 1. The van der Waals surface area contributed by atoms with E-state index in [1.807, 2.05) is 0 Å². The molecule has 1 aromatic rings. The van der Waals surface area contributed by atoms with E-state index in [0.717, 1.165) is 12.5 Å². The highest BCUT2D eigenvalue weighted by Gasteiger charge is 2.28. The number of para-hydroxylation sites is 1. The first-order valence-corrected chi connectivity index (χ1v) is 8.58. The van der Waals surface area contributed by atoms with Crippen molar-refractivity contribution in [3.05, 3.63) is 28.7 Å². The normalized spacial score (nSPS) is 12.4. The number of halogens is 1. The summed E-state index contributed by atoms with van der Waals surface area (Å²) in [7, 11) is -7.77. The molecule has 16 heavy (non-hydrogen) atoms. The fraction of sp³-hybridized carbons (Fsp3) is 0.250. The van der Waals surface area contributed by atoms with Gasteiger partial charge in [0, 0.05) is 4.47 Å². The maximum Gasteiger partial charge on any atom is 0.245 e. The molecule has 0 atom stereocenters. The Morgan fingerprint density at radius 3 is 1.81 bits per heavy atom. The van der Waals surface area contributed by atoms with E-state index in [-0.39, 0.29) is 5.69 Å². The van der Waals surface area contributed by atoms with Crippen LogP contribution in [0.2, 0.25) is 0 Å². The Kier molecular flexibility index (Phi) is 3.65. The van der Waals surface area contributed by atoms with Crippen molar-refractivity contribution in [2.24, 2.45) is 0 Å². The van der Waals surface area contributed by atoms with E-state index < -0.39 is 20.0 Å². The average Bonchev–Trinajstić information content (AvgIpc) is 2.03. The second kappa shape index (κ2) is 4.34. The van der Waals surface area contributed by atoms with E-state index in [9.17, 15) is 16.8 Å². The molecule has 0 N–H and O–H groups in total. The van der Waals surface area contributed by atoms with Crippen molar-refractivity contribution in [2.75, 3.05) is 16.2 Å². The lowest BCUT2D eigenvalue weighted by Crippen LogP contribution is -2.35. The zero-order chi connectivity index (χ0) is 12.6. The molecule has 1 rings (SSSR count). The Bertz CT molecular complexity index is 562. The Balaban J connectivity index is 3.54. The maximum absolute atomic E-state index is 11.5. The Labute approximate surface area is 103 Å². The third kappa shape index (κ3) is 2.96. The highest BCUT2D eigenvalue weighted by Crippen LogP contribution is 2.29. The molecule has 0 saturated heterocycles. The summed E-state index contributed by atoms with van der Waals surface area (Å²) in [4.78, 5) is 0. The monoisotopic (exact) mass is 327 g/mol. The fourth-order valence-electron chi connectivity index (χ4n) is 1.20. The summed E-state index contributed by atoms with van der Waals surface area (Å²) < 4.78 is 46.6. The van der Waals surface area contributed by atoms with Crippen molar-refractivity contribution >= 4 is 41.7 Å². The molecule has 0 spiro atoms. The van der Waals surface area contributed by atoms with Crippen molar-refractivity contribution in [3.63, 3.8) is 0 Å². The number of hydrogen-bond acceptors (Lipinski definition) is 4. The van der Waals surface area contributed by atoms with Crippen LogP contribution in [0.1, 0.15) is 0 Å². The third-order valence-corrected chi connectivity index (χ3v) is 5.55. The maximum atomic E-state index is 11.5. The van der Waals surface area contributed by atoms with Crippen LogP contribution in [0.25, 0.3) is 0 Å². The average molecular weight is 328 g/mol. The highest BCUT2D eigenvalue weighted by molar-refractivity contribution is 9.10. The van der Waals surface area contributed by atoms with Gasteiger partial charge in [0.25, 0.3) is 0 Å². The van der Waals surface area contributed by atoms with Crippen molar-refractivity contribution in [2.45, 2.75) is 0 Å². The van der Waals surface area contributed by atoms with Gasteiger partial charge in [-0.1, -0.05) is 12.1 Å². The van der Waals surface area contributed by atoms with Crippen LogP contribution in [0.5, 0.6) is 0 Å². The van der Waals surface area contributed by atoms with E-state index in [1.165, 1.54) is 6.07 Å². The zero-order valence-electron chi connectivity index (χ0n) is 8.58. The number of rotatable bonds is 3. The molecule has 0 heterocycles. The van der Waals surface area contributed by atoms with E-state index in [1.54, 1.807) is 18.2 Å². The van der Waals surface area contributed by atoms with Crippen molar-refractivity contribution in [3.8, 4) is 0 Å². The minimum atomic E-state index is -3.88. The van der Waals surface area contributed by atoms with Crippen LogP contribution in [-0.2, 0) is 20.0 Å². The standard InChI is InChI=1S/C8H10BrNO4S2/c1-15(11,12)10(16(2,13)14)8-6-4-3-5-7(8)9/h3-6H,1-2H3. The molecule has 0 aliphatic carbocycles. The van der Waals surface area contributed by atoms with Crippen molar-refractivity contribution in [1.29, 1.82) is 0 Å². The molecular weight excluding hydrogens is 318 g/mol. The molecule has 0 amide bonds. The first-order valence-electron chi connectivity index (χ1n) is 4.09. The second-order valence-electron chi connectivity index (χ2n) is 3.17. The summed E-state index contributed by atoms with van der Waals surface area (Å²) in [5.74, 6) is 0. The number of nitrogens with zero attached hydrogens (tertiary/aromatic N) is 1. The second-order valence-corrected chi connectivity index (χ2v) is 7.92. The van der Waals surface area contributed by atoms with Gasteiger partial charge in [-0.15, -0.1) is 0 Å². The summed E-state index contributed by atoms with van der Waals surface area (Å²) in [5.41, 5.74) is 0.0764. The largest absolute Gasteiger partial charge is 0.245 e. The van der Waals surface area contributed by atoms with Crippen LogP contribution >= 0.6 is 15.9 Å². The van der Waals surface area contributed by atoms with Crippen LogP contribution in [0.4, 0.5) is 5.69 Å². The first-order chi connectivity index (χ1) is 7.14. The zero-order valence-corrected chi connectivity index (χ0v) is 11.8. The van der Waals surface area contributed by atoms with Crippen LogP contribution in [-0.4, -0.2) is 29.3 Å². The predicted molar refractivity (Wildman–Crippen MR) is 66.3 cm³/mol. The molecule has 0 aliphatic rings. The molecule has 90 valence electrons. The molecule has 1 aromatic carbocycles. The topological polar surface area (TPSA) is 71.5 Å². The lowest BCUT2D eigenvalue weighted by atomic mass is 10.3. The van der Waals surface area contributed by atoms with Gasteiger partial charge in [0.05, 0.1) is 18.2 Å². The van der Waals surface area contributed by atoms with Gasteiger partial charge in [-0.2, -0.15) is 3.71 Å². The summed E-state index contributed by atoms with van der Waals surface area (Å²) in [6.07, 6.45) is 1.68. The summed E-state index contributed by atoms with van der Waals surface area (Å²) in [5, 5.41) is 0. The number of benzene rings is 1. The van der Waals surface area contributed by atoms with Gasteiger partial charge >= 0.3 is 0 Å².